The van der Waals surface area contributed by atoms with Crippen molar-refractivity contribution in [2.45, 2.75) is 37.9 Å². The van der Waals surface area contributed by atoms with Crippen LogP contribution < -0.4 is 21.3 Å². The Morgan fingerprint density at radius 3 is 1.98 bits per heavy atom. The number of aliphatic carboxylic acids is 2. The molecule has 2 aromatic rings. The van der Waals surface area contributed by atoms with Gasteiger partial charge in [-0.2, -0.15) is 13.2 Å². The molecule has 42 heavy (non-hydrogen) atoms. The van der Waals surface area contributed by atoms with Crippen LogP contribution in [-0.4, -0.2) is 65.8 Å². The summed E-state index contributed by atoms with van der Waals surface area (Å²) in [7, 11) is 0. The lowest BCUT2D eigenvalue weighted by Gasteiger charge is -2.18. The van der Waals surface area contributed by atoms with E-state index in [9.17, 15) is 37.5 Å². The van der Waals surface area contributed by atoms with E-state index in [-0.39, 0.29) is 31.3 Å². The number of rotatable bonds is 14. The fourth-order valence-electron chi connectivity index (χ4n) is 3.32. The average Bonchev–Trinajstić information content (AvgIpc) is 2.94. The molecule has 1 atom stereocenters. The molecule has 1 unspecified atom stereocenters. The summed E-state index contributed by atoms with van der Waals surface area (Å²) in [6.45, 7) is 4.06. The first-order valence-electron chi connectivity index (χ1n) is 12.7. The minimum absolute atomic E-state index is 0.211. The van der Waals surface area contributed by atoms with Crippen molar-refractivity contribution in [3.63, 3.8) is 0 Å². The molecule has 2 aromatic carbocycles. The van der Waals surface area contributed by atoms with Gasteiger partial charge >= 0.3 is 24.1 Å². The quantitative estimate of drug-likeness (QED) is 0.144. The molecule has 0 aliphatic rings. The van der Waals surface area contributed by atoms with Crippen molar-refractivity contribution in [3.8, 4) is 11.1 Å². The van der Waals surface area contributed by atoms with Crippen LogP contribution in [-0.2, 0) is 19.2 Å². The first kappa shape index (κ1) is 35.1. The first-order valence-corrected chi connectivity index (χ1v) is 12.7. The normalized spacial score (nSPS) is 11.1. The molecule has 14 heteroatoms. The lowest BCUT2D eigenvalue weighted by Crippen LogP contribution is -2.39. The van der Waals surface area contributed by atoms with Gasteiger partial charge in [-0.05, 0) is 29.5 Å². The molecule has 0 bridgehead atoms. The summed E-state index contributed by atoms with van der Waals surface area (Å²) >= 11 is 0. The predicted molar refractivity (Wildman–Crippen MR) is 147 cm³/mol. The van der Waals surface area contributed by atoms with Gasteiger partial charge in [-0.25, -0.2) is 9.59 Å². The summed E-state index contributed by atoms with van der Waals surface area (Å²) in [5.74, 6) is -4.57. The van der Waals surface area contributed by atoms with E-state index in [1.54, 1.807) is 18.2 Å². The summed E-state index contributed by atoms with van der Waals surface area (Å²) in [5, 5.41) is 26.9. The maximum absolute atomic E-state index is 12.4. The van der Waals surface area contributed by atoms with Gasteiger partial charge in [-0.15, -0.1) is 6.58 Å². The van der Waals surface area contributed by atoms with Crippen molar-refractivity contribution in [2.75, 3.05) is 19.6 Å². The molecule has 0 saturated carbocycles. The highest BCUT2D eigenvalue weighted by Crippen LogP contribution is 2.23. The van der Waals surface area contributed by atoms with E-state index in [1.165, 1.54) is 0 Å². The molecule has 0 aromatic heterocycles. The van der Waals surface area contributed by atoms with Gasteiger partial charge in [0.05, 0.1) is 19.0 Å². The van der Waals surface area contributed by atoms with Gasteiger partial charge in [0.2, 0.25) is 11.8 Å². The van der Waals surface area contributed by atoms with E-state index in [2.05, 4.69) is 27.8 Å². The molecule has 0 fully saturated rings. The molecule has 0 spiro atoms. The van der Waals surface area contributed by atoms with Crippen molar-refractivity contribution in [2.24, 2.45) is 0 Å². The number of urea groups is 1. The lowest BCUT2D eigenvalue weighted by molar-refractivity contribution is -0.192. The maximum Gasteiger partial charge on any atom is 0.490 e. The van der Waals surface area contributed by atoms with Crippen molar-refractivity contribution < 1.29 is 47.4 Å². The number of alkyl halides is 3. The van der Waals surface area contributed by atoms with E-state index in [1.807, 2.05) is 42.5 Å². The largest absolute Gasteiger partial charge is 0.490 e. The first-order chi connectivity index (χ1) is 19.8. The molecule has 0 aliphatic carbocycles. The number of nitrogens with one attached hydrogen (secondary N) is 4. The zero-order valence-corrected chi connectivity index (χ0v) is 22.6. The summed E-state index contributed by atoms with van der Waals surface area (Å²) in [5.41, 5.74) is 2.68. The number of hydrogen-bond acceptors (Lipinski definition) is 5. The van der Waals surface area contributed by atoms with E-state index < -0.39 is 30.1 Å². The van der Waals surface area contributed by atoms with Crippen LogP contribution in [0.4, 0.5) is 18.0 Å². The number of amides is 4. The molecule has 2 rings (SSSR count). The number of carboxylic acids is 2. The molecule has 0 radical (unpaired) electrons. The Balaban J connectivity index is 0.00000112. The van der Waals surface area contributed by atoms with Gasteiger partial charge in [0, 0.05) is 19.5 Å². The Labute approximate surface area is 240 Å². The number of hydrogen-bond donors (Lipinski definition) is 6. The molecule has 6 N–H and O–H groups in total. The van der Waals surface area contributed by atoms with Crippen LogP contribution in [0.2, 0.25) is 0 Å². The maximum atomic E-state index is 12.4. The van der Waals surface area contributed by atoms with Gasteiger partial charge in [0.1, 0.15) is 0 Å². The highest BCUT2D eigenvalue weighted by atomic mass is 19.4. The minimum Gasteiger partial charge on any atom is -0.481 e. The molecule has 0 saturated heterocycles. The molecular weight excluding hydrogens is 561 g/mol. The predicted octanol–water partition coefficient (Wildman–Crippen LogP) is 3.39. The molecule has 228 valence electrons. The third-order valence-electron chi connectivity index (χ3n) is 5.35. The highest BCUT2D eigenvalue weighted by Gasteiger charge is 2.38. The van der Waals surface area contributed by atoms with Crippen LogP contribution in [0.1, 0.15) is 37.3 Å². The van der Waals surface area contributed by atoms with Gasteiger partial charge in [0.25, 0.3) is 0 Å². The number of halogens is 3. The van der Waals surface area contributed by atoms with E-state index >= 15 is 0 Å². The Morgan fingerprint density at radius 1 is 0.833 bits per heavy atom. The highest BCUT2D eigenvalue weighted by molar-refractivity contribution is 5.85. The zero-order chi connectivity index (χ0) is 31.5. The Kier molecular flexibility index (Phi) is 15.5. The van der Waals surface area contributed by atoms with Gasteiger partial charge in [-0.1, -0.05) is 60.7 Å². The second-order valence-corrected chi connectivity index (χ2v) is 8.67. The van der Waals surface area contributed by atoms with Crippen molar-refractivity contribution in [1.82, 2.24) is 21.3 Å². The number of carboxylic acid groups (broad SMARTS) is 2. The second kappa shape index (κ2) is 18.5. The monoisotopic (exact) mass is 594 g/mol. The summed E-state index contributed by atoms with van der Waals surface area (Å²) in [6, 6.07) is 16.1. The Hall–Kier alpha value is -4.88. The minimum atomic E-state index is -5.08. The number of carbonyl (C=O) groups excluding carboxylic acids is 3. The third-order valence-corrected chi connectivity index (χ3v) is 5.35. The summed E-state index contributed by atoms with van der Waals surface area (Å²) in [4.78, 5) is 56.0. The Morgan fingerprint density at radius 2 is 1.43 bits per heavy atom. The van der Waals surface area contributed by atoms with Crippen LogP contribution in [0.15, 0.2) is 67.3 Å². The molecule has 11 nitrogen and oxygen atoms in total. The third kappa shape index (κ3) is 15.1. The smallest absolute Gasteiger partial charge is 0.481 e. The lowest BCUT2D eigenvalue weighted by atomic mass is 9.99. The number of benzene rings is 2. The van der Waals surface area contributed by atoms with Crippen LogP contribution in [0.5, 0.6) is 0 Å². The van der Waals surface area contributed by atoms with E-state index in [4.69, 9.17) is 9.90 Å². The number of carbonyl (C=O) groups is 5. The van der Waals surface area contributed by atoms with Crippen molar-refractivity contribution >= 4 is 29.8 Å². The Bertz CT molecular complexity index is 1190. The summed E-state index contributed by atoms with van der Waals surface area (Å²) < 4.78 is 31.7. The van der Waals surface area contributed by atoms with Crippen molar-refractivity contribution in [1.29, 1.82) is 0 Å². The van der Waals surface area contributed by atoms with Gasteiger partial charge in [0.15, 0.2) is 0 Å². The van der Waals surface area contributed by atoms with Crippen LogP contribution >= 0.6 is 0 Å². The van der Waals surface area contributed by atoms with Crippen LogP contribution in [0.25, 0.3) is 11.1 Å². The average molecular weight is 595 g/mol. The van der Waals surface area contributed by atoms with Crippen LogP contribution in [0.3, 0.4) is 0 Å². The standard InChI is InChI=1S/C26H32N4O5.C2HF3O2/c1-2-15-27-26(35)28-16-7-6-10-23(31)29-18-24(32)30-22(17-25(33)34)21-13-11-20(12-14-21)19-8-4-3-5-9-19;3-2(4,5)1(6)7/h2-5,8-9,11-14,22H,1,6-7,10,15-18H2,(H,29,31)(H,30,32)(H,33,34)(H2,27,28,35);(H,6,7). The fraction of sp³-hybridized carbons (Fsp3) is 0.321. The zero-order valence-electron chi connectivity index (χ0n) is 22.6. The second-order valence-electron chi connectivity index (χ2n) is 8.67. The fourth-order valence-corrected chi connectivity index (χ4v) is 3.32. The number of unbranched alkanes of at least 4 members (excludes halogenated alkanes) is 1. The summed E-state index contributed by atoms with van der Waals surface area (Å²) in [6.07, 6.45) is -2.42. The van der Waals surface area contributed by atoms with Crippen molar-refractivity contribution in [3.05, 3.63) is 72.8 Å². The van der Waals surface area contributed by atoms with Gasteiger partial charge < -0.3 is 31.5 Å². The van der Waals surface area contributed by atoms with E-state index in [0.717, 1.165) is 11.1 Å². The van der Waals surface area contributed by atoms with E-state index in [0.29, 0.717) is 31.5 Å². The molecule has 0 heterocycles. The van der Waals surface area contributed by atoms with Crippen LogP contribution in [0, 0.1) is 0 Å². The molecular formula is C28H33F3N4O7. The van der Waals surface area contributed by atoms with Gasteiger partial charge in [-0.3, -0.25) is 14.4 Å². The topological polar surface area (TPSA) is 174 Å². The molecule has 0 aliphatic heterocycles. The SMILES string of the molecule is C=CCNC(=O)NCCCCC(=O)NCC(=O)NC(CC(=O)O)c1ccc(-c2ccccc2)cc1.O=C(O)C(F)(F)F. The molecule has 4 amide bonds.